The van der Waals surface area contributed by atoms with Crippen LogP contribution in [0.2, 0.25) is 5.02 Å². The molecule has 0 spiro atoms. The molecule has 0 saturated carbocycles. The number of carbonyl (C=O) groups is 1. The number of hydrogen-bond donors (Lipinski definition) is 1. The first-order valence-electron chi connectivity index (χ1n) is 3.50. The van der Waals surface area contributed by atoms with Gasteiger partial charge in [0.2, 0.25) is 5.88 Å². The molecule has 0 fully saturated rings. The molecule has 0 aromatic carbocycles. The molecule has 0 radical (unpaired) electrons. The molecule has 1 rings (SSSR count). The average Bonchev–Trinajstić information content (AvgIpc) is 2.09. The van der Waals surface area contributed by atoms with Gasteiger partial charge in [-0.2, -0.15) is 0 Å². The van der Waals surface area contributed by atoms with Crippen molar-refractivity contribution in [3.8, 4) is 5.88 Å². The molecule has 1 heterocycles. The van der Waals surface area contributed by atoms with Crippen molar-refractivity contribution in [1.29, 1.82) is 0 Å². The molecule has 13 heavy (non-hydrogen) atoms. The van der Waals surface area contributed by atoms with E-state index in [0.29, 0.717) is 11.4 Å². The third-order valence-electron chi connectivity index (χ3n) is 1.62. The summed E-state index contributed by atoms with van der Waals surface area (Å²) in [6.45, 7) is 1.65. The Morgan fingerprint density at radius 1 is 1.69 bits per heavy atom. The van der Waals surface area contributed by atoms with Gasteiger partial charge in [0.05, 0.1) is 17.7 Å². The molecule has 0 atom stereocenters. The van der Waals surface area contributed by atoms with Crippen LogP contribution in [0.3, 0.4) is 0 Å². The van der Waals surface area contributed by atoms with Gasteiger partial charge >= 0.3 is 5.97 Å². The van der Waals surface area contributed by atoms with Crippen LogP contribution in [0.1, 0.15) is 15.9 Å². The summed E-state index contributed by atoms with van der Waals surface area (Å²) < 4.78 is 4.87. The molecule has 1 aromatic rings. The number of methoxy groups -OCH3 is 1. The molecule has 0 aliphatic rings. The minimum Gasteiger partial charge on any atom is -0.481 e. The quantitative estimate of drug-likeness (QED) is 0.792. The molecule has 0 amide bonds. The van der Waals surface area contributed by atoms with E-state index in [0.717, 1.165) is 0 Å². The van der Waals surface area contributed by atoms with Gasteiger partial charge in [-0.05, 0) is 6.92 Å². The minimum absolute atomic E-state index is 0.0139. The lowest BCUT2D eigenvalue weighted by molar-refractivity contribution is 0.0696. The van der Waals surface area contributed by atoms with Crippen LogP contribution in [0.15, 0.2) is 6.20 Å². The Labute approximate surface area is 80.1 Å². The normalized spacial score (nSPS) is 9.77. The standard InChI is InChI=1S/C8H8ClNO3/c1-4-6(9)5(8(11)12)3-10-7(4)13-2/h3H,1-2H3,(H,11,12). The van der Waals surface area contributed by atoms with E-state index >= 15 is 0 Å². The molecule has 1 N–H and O–H groups in total. The van der Waals surface area contributed by atoms with Gasteiger partial charge in [0.1, 0.15) is 0 Å². The van der Waals surface area contributed by atoms with Gasteiger partial charge in [0.15, 0.2) is 0 Å². The first-order chi connectivity index (χ1) is 6.07. The van der Waals surface area contributed by atoms with Gasteiger partial charge in [-0.3, -0.25) is 0 Å². The Morgan fingerprint density at radius 3 is 2.77 bits per heavy atom. The smallest absolute Gasteiger partial charge is 0.338 e. The summed E-state index contributed by atoms with van der Waals surface area (Å²) in [5, 5.41) is 8.85. The van der Waals surface area contributed by atoms with Crippen LogP contribution in [-0.2, 0) is 0 Å². The Kier molecular flexibility index (Phi) is 2.72. The third kappa shape index (κ3) is 1.72. The van der Waals surface area contributed by atoms with Crippen molar-refractivity contribution in [3.05, 3.63) is 22.3 Å². The highest BCUT2D eigenvalue weighted by molar-refractivity contribution is 6.34. The average molecular weight is 202 g/mol. The summed E-state index contributed by atoms with van der Waals surface area (Å²) in [4.78, 5) is 14.4. The summed E-state index contributed by atoms with van der Waals surface area (Å²) in [6.07, 6.45) is 1.18. The maximum Gasteiger partial charge on any atom is 0.338 e. The number of aromatic nitrogens is 1. The van der Waals surface area contributed by atoms with Crippen molar-refractivity contribution >= 4 is 17.6 Å². The molecule has 4 nitrogen and oxygen atoms in total. The molecule has 0 aliphatic heterocycles. The highest BCUT2D eigenvalue weighted by Gasteiger charge is 2.14. The second kappa shape index (κ2) is 3.62. The number of ether oxygens (including phenoxy) is 1. The third-order valence-corrected chi connectivity index (χ3v) is 2.11. The Balaban J connectivity index is 3.31. The van der Waals surface area contributed by atoms with E-state index in [1.54, 1.807) is 6.92 Å². The van der Waals surface area contributed by atoms with Crippen LogP contribution in [0.4, 0.5) is 0 Å². The fourth-order valence-corrected chi connectivity index (χ4v) is 1.14. The molecule has 0 unspecified atom stereocenters. The van der Waals surface area contributed by atoms with Crippen molar-refractivity contribution in [3.63, 3.8) is 0 Å². The number of carboxylic acids is 1. The van der Waals surface area contributed by atoms with Gasteiger partial charge in [0.25, 0.3) is 0 Å². The van der Waals surface area contributed by atoms with Crippen LogP contribution in [-0.4, -0.2) is 23.2 Å². The van der Waals surface area contributed by atoms with Gasteiger partial charge in [0, 0.05) is 11.8 Å². The Bertz CT molecular complexity index is 351. The van der Waals surface area contributed by atoms with E-state index in [4.69, 9.17) is 21.4 Å². The number of aromatic carboxylic acids is 1. The second-order valence-electron chi connectivity index (χ2n) is 2.43. The van der Waals surface area contributed by atoms with Gasteiger partial charge in [-0.15, -0.1) is 0 Å². The van der Waals surface area contributed by atoms with Crippen LogP contribution in [0.25, 0.3) is 0 Å². The maximum absolute atomic E-state index is 10.6. The first-order valence-corrected chi connectivity index (χ1v) is 3.88. The fraction of sp³-hybridized carbons (Fsp3) is 0.250. The molecular weight excluding hydrogens is 194 g/mol. The summed E-state index contributed by atoms with van der Waals surface area (Å²) in [6, 6.07) is 0. The molecule has 1 aromatic heterocycles. The lowest BCUT2D eigenvalue weighted by Gasteiger charge is -2.06. The van der Waals surface area contributed by atoms with Crippen LogP contribution >= 0.6 is 11.6 Å². The van der Waals surface area contributed by atoms with Crippen molar-refractivity contribution in [2.24, 2.45) is 0 Å². The van der Waals surface area contributed by atoms with Crippen LogP contribution < -0.4 is 4.74 Å². The zero-order valence-corrected chi connectivity index (χ0v) is 7.92. The summed E-state index contributed by atoms with van der Waals surface area (Å²) in [5.41, 5.74) is 0.518. The van der Waals surface area contributed by atoms with Crippen LogP contribution in [0, 0.1) is 6.92 Å². The number of halogens is 1. The Morgan fingerprint density at radius 2 is 2.31 bits per heavy atom. The molecule has 0 aliphatic carbocycles. The minimum atomic E-state index is -1.09. The van der Waals surface area contributed by atoms with E-state index in [1.165, 1.54) is 13.3 Å². The Hall–Kier alpha value is -1.29. The highest BCUT2D eigenvalue weighted by atomic mass is 35.5. The summed E-state index contributed by atoms with van der Waals surface area (Å²) in [7, 11) is 1.45. The lowest BCUT2D eigenvalue weighted by Crippen LogP contribution is -2.02. The largest absolute Gasteiger partial charge is 0.481 e. The number of hydrogen-bond acceptors (Lipinski definition) is 3. The molecule has 70 valence electrons. The second-order valence-corrected chi connectivity index (χ2v) is 2.80. The lowest BCUT2D eigenvalue weighted by atomic mass is 10.2. The molecule has 5 heteroatoms. The predicted octanol–water partition coefficient (Wildman–Crippen LogP) is 1.75. The highest BCUT2D eigenvalue weighted by Crippen LogP contribution is 2.26. The molecule has 0 saturated heterocycles. The van der Waals surface area contributed by atoms with Gasteiger partial charge < -0.3 is 9.84 Å². The van der Waals surface area contributed by atoms with Crippen LogP contribution in [0.5, 0.6) is 5.88 Å². The van der Waals surface area contributed by atoms with Crippen molar-refractivity contribution < 1.29 is 14.6 Å². The van der Waals surface area contributed by atoms with E-state index in [2.05, 4.69) is 4.98 Å². The number of rotatable bonds is 2. The zero-order valence-electron chi connectivity index (χ0n) is 7.17. The van der Waals surface area contributed by atoms with Crippen molar-refractivity contribution in [2.75, 3.05) is 7.11 Å². The van der Waals surface area contributed by atoms with E-state index < -0.39 is 5.97 Å². The first kappa shape index (κ1) is 9.80. The van der Waals surface area contributed by atoms with Crippen molar-refractivity contribution in [2.45, 2.75) is 6.92 Å². The van der Waals surface area contributed by atoms with E-state index in [-0.39, 0.29) is 10.6 Å². The zero-order chi connectivity index (χ0) is 10.0. The SMILES string of the molecule is COc1ncc(C(=O)O)c(Cl)c1C. The monoisotopic (exact) mass is 201 g/mol. The number of pyridine rings is 1. The van der Waals surface area contributed by atoms with Gasteiger partial charge in [-0.25, -0.2) is 9.78 Å². The van der Waals surface area contributed by atoms with E-state index in [1.807, 2.05) is 0 Å². The summed E-state index contributed by atoms with van der Waals surface area (Å²) in [5.74, 6) is -0.752. The molecular formula is C8H8ClNO3. The van der Waals surface area contributed by atoms with E-state index in [9.17, 15) is 4.79 Å². The predicted molar refractivity (Wildman–Crippen MR) is 47.5 cm³/mol. The fourth-order valence-electron chi connectivity index (χ4n) is 0.927. The summed E-state index contributed by atoms with van der Waals surface area (Å²) >= 11 is 5.77. The molecule has 0 bridgehead atoms. The topological polar surface area (TPSA) is 59.4 Å². The number of carboxylic acid groups (broad SMARTS) is 1. The van der Waals surface area contributed by atoms with Gasteiger partial charge in [-0.1, -0.05) is 11.6 Å². The maximum atomic E-state index is 10.6. The number of nitrogens with zero attached hydrogens (tertiary/aromatic N) is 1. The van der Waals surface area contributed by atoms with Crippen molar-refractivity contribution in [1.82, 2.24) is 4.98 Å².